The van der Waals surface area contributed by atoms with Gasteiger partial charge < -0.3 is 58.6 Å². The van der Waals surface area contributed by atoms with Gasteiger partial charge in [0, 0.05) is 42.9 Å². The quantitative estimate of drug-likeness (QED) is 0.0184. The molecule has 518 valence electrons. The standard InChI is InChI=1S/C23H19Cl2F2NO5S.C20H15Cl2F2NO5S.C19H13Cl2F2NO5S.C2H3N/c24-16-10-28(30)11-17(25)15(16)9-19(32-22(29)21-2-1-7-34-21)14-5-6-18(33-23(26)27)20(8-14)31-12-13-3-4-13;1-28-17-7-11(4-5-15(17)30-20(23)24)16(29-19(26)18-3-2-6-31-18)8-12-13(21)9-25(27)10-14(12)22;20-12-8-24(27)9-13(21)11(12)7-16(28-18(26)17-2-1-5-30-17)10-3-4-15(14(25)6-10)29-19(22)23;1-2-3/h1-2,5-8,10-11,13,19,23H,3-4,9,12H2;2-7,9-10,16,20H,8H2,1H3;1-6,8-9,16,19,25H,7H2;1H3/t19-;2*16-;/m000./s1. The van der Waals surface area contributed by atoms with Crippen LogP contribution >= 0.6 is 104 Å². The SMILES string of the molecule is CC#N.COc1cc([C@H](Cc2c(Cl)c[n+]([O-])cc2Cl)OC(=O)c2cccs2)ccc1OC(F)F.O=C(O[C@@H](Cc1c(Cl)c[n+]([O-])cc1Cl)c1ccc(OC(F)F)c(O)c1)c1cccs1.O=C(O[C@@H](Cc1c(Cl)c[n+]([O-])cc1Cl)c1ccc(OC(F)F)c(OCC2CC2)c1)c1cccs1. The summed E-state index contributed by atoms with van der Waals surface area (Å²) in [7, 11) is 1.29. The van der Waals surface area contributed by atoms with E-state index in [0.29, 0.717) is 69.2 Å². The zero-order valence-electron chi connectivity index (χ0n) is 50.4. The van der Waals surface area contributed by atoms with Crippen molar-refractivity contribution in [2.45, 2.75) is 77.2 Å². The summed E-state index contributed by atoms with van der Waals surface area (Å²) in [5.74, 6) is -2.57. The molecule has 1 aliphatic rings. The Morgan fingerprint density at radius 1 is 0.520 bits per heavy atom. The number of hydrogen-bond acceptors (Lipinski definition) is 19. The van der Waals surface area contributed by atoms with Crippen molar-refractivity contribution in [2.24, 2.45) is 5.92 Å². The zero-order chi connectivity index (χ0) is 71.3. The summed E-state index contributed by atoms with van der Waals surface area (Å²) in [5.41, 5.74) is 2.28. The fourth-order valence-corrected chi connectivity index (χ4v) is 12.3. The van der Waals surface area contributed by atoms with Crippen LogP contribution in [0.1, 0.15) is 100 Å². The van der Waals surface area contributed by atoms with E-state index in [9.17, 15) is 61.5 Å². The lowest BCUT2D eigenvalue weighted by Gasteiger charge is -2.21. The number of hydrogen-bond donors (Lipinski definition) is 1. The normalized spacial score (nSPS) is 12.4. The monoisotopic (exact) mass is 1530 g/mol. The number of pyridine rings is 3. The van der Waals surface area contributed by atoms with Crippen LogP contribution in [0.3, 0.4) is 0 Å². The number of benzene rings is 3. The number of esters is 3. The molecule has 3 atom stereocenters. The highest BCUT2D eigenvalue weighted by atomic mass is 35.5. The van der Waals surface area contributed by atoms with Gasteiger partial charge in [-0.25, -0.2) is 14.4 Å². The number of carbonyl (C=O) groups excluding carboxylic acids is 3. The van der Waals surface area contributed by atoms with Crippen LogP contribution < -0.4 is 37.9 Å². The van der Waals surface area contributed by atoms with Crippen molar-refractivity contribution >= 4 is 122 Å². The highest BCUT2D eigenvalue weighted by molar-refractivity contribution is 7.12. The van der Waals surface area contributed by atoms with Crippen molar-refractivity contribution in [1.82, 2.24) is 0 Å². The average molecular weight is 1540 g/mol. The molecule has 1 N–H and O–H groups in total. The van der Waals surface area contributed by atoms with E-state index in [4.69, 9.17) is 98.6 Å². The van der Waals surface area contributed by atoms with Gasteiger partial charge in [0.05, 0.1) is 19.8 Å². The molecule has 0 saturated heterocycles. The Hall–Kier alpha value is -8.37. The number of nitrogens with zero attached hydrogens (tertiary/aromatic N) is 4. The van der Waals surface area contributed by atoms with Gasteiger partial charge in [0.2, 0.25) is 0 Å². The van der Waals surface area contributed by atoms with Gasteiger partial charge in [0.1, 0.15) is 63.1 Å². The van der Waals surface area contributed by atoms with Crippen LogP contribution in [0.25, 0.3) is 0 Å². The van der Waals surface area contributed by atoms with Crippen LogP contribution in [0.5, 0.6) is 34.5 Å². The second kappa shape index (κ2) is 37.0. The maximum absolute atomic E-state index is 12.9. The average Bonchev–Trinajstić information content (AvgIpc) is 1.87. The maximum atomic E-state index is 12.9. The van der Waals surface area contributed by atoms with Crippen molar-refractivity contribution in [1.29, 1.82) is 5.26 Å². The summed E-state index contributed by atoms with van der Waals surface area (Å²) in [6, 6.07) is 23.8. The summed E-state index contributed by atoms with van der Waals surface area (Å²) in [5, 5.41) is 57.6. The minimum atomic E-state index is -3.12. The molecule has 3 aromatic carbocycles. The fraction of sp³-hybridized carbons (Fsp3) is 0.234. The van der Waals surface area contributed by atoms with Crippen molar-refractivity contribution in [2.75, 3.05) is 13.7 Å². The van der Waals surface area contributed by atoms with E-state index in [2.05, 4.69) is 14.2 Å². The Balaban J connectivity index is 0.000000203. The number of carbonyl (C=O) groups is 3. The fourth-order valence-electron chi connectivity index (χ4n) is 8.69. The summed E-state index contributed by atoms with van der Waals surface area (Å²) >= 11 is 40.6. The Morgan fingerprint density at radius 2 is 0.827 bits per heavy atom. The highest BCUT2D eigenvalue weighted by Crippen LogP contribution is 2.41. The van der Waals surface area contributed by atoms with Crippen molar-refractivity contribution in [3.63, 3.8) is 0 Å². The van der Waals surface area contributed by atoms with Gasteiger partial charge in [-0.3, -0.25) is 0 Å². The van der Waals surface area contributed by atoms with E-state index < -0.39 is 67.6 Å². The molecule has 1 aliphatic carbocycles. The number of phenols is 1. The molecule has 0 aliphatic heterocycles. The van der Waals surface area contributed by atoms with Crippen LogP contribution in [0.15, 0.2) is 144 Å². The highest BCUT2D eigenvalue weighted by Gasteiger charge is 2.30. The molecule has 1 fully saturated rings. The number of aromatic nitrogens is 3. The number of halogens is 12. The number of ether oxygens (including phenoxy) is 8. The molecule has 0 unspecified atom stereocenters. The first kappa shape index (κ1) is 77.0. The predicted molar refractivity (Wildman–Crippen MR) is 352 cm³/mol. The molecule has 9 aromatic rings. The first-order valence-electron chi connectivity index (χ1n) is 28.1. The number of rotatable bonds is 25. The van der Waals surface area contributed by atoms with Crippen LogP contribution in [0, 0.1) is 32.9 Å². The lowest BCUT2D eigenvalue weighted by atomic mass is 10.0. The van der Waals surface area contributed by atoms with Gasteiger partial charge in [-0.05, 0) is 106 Å². The molecule has 6 heterocycles. The summed E-state index contributed by atoms with van der Waals surface area (Å²) in [6.07, 6.45) is 5.95. The molecule has 0 radical (unpaired) electrons. The molecule has 10 rings (SSSR count). The Bertz CT molecular complexity index is 4130. The molecule has 0 bridgehead atoms. The topological polar surface area (TPSA) is 250 Å². The Kier molecular flexibility index (Phi) is 29.1. The van der Waals surface area contributed by atoms with E-state index in [1.807, 2.05) is 0 Å². The van der Waals surface area contributed by atoms with E-state index in [1.54, 1.807) is 58.6 Å². The summed E-state index contributed by atoms with van der Waals surface area (Å²) in [4.78, 5) is 38.9. The Labute approximate surface area is 596 Å². The molecule has 98 heavy (non-hydrogen) atoms. The lowest BCUT2D eigenvalue weighted by molar-refractivity contribution is -0.605. The first-order valence-corrected chi connectivity index (χ1v) is 33.0. The van der Waals surface area contributed by atoms with Gasteiger partial charge >= 0.3 is 37.7 Å². The molecule has 6 aromatic heterocycles. The third-order valence-electron chi connectivity index (χ3n) is 13.3. The predicted octanol–water partition coefficient (Wildman–Crippen LogP) is 17.3. The van der Waals surface area contributed by atoms with E-state index in [0.717, 1.165) is 62.2 Å². The van der Waals surface area contributed by atoms with E-state index >= 15 is 0 Å². The van der Waals surface area contributed by atoms with E-state index in [-0.39, 0.29) is 78.0 Å². The van der Waals surface area contributed by atoms with Crippen molar-refractivity contribution in [3.05, 3.63) is 238 Å². The number of phenolic OH excluding ortho intramolecular Hbond substituents is 1. The molecule has 0 amide bonds. The van der Waals surface area contributed by atoms with E-state index in [1.165, 1.54) is 90.5 Å². The maximum Gasteiger partial charge on any atom is 0.387 e. The van der Waals surface area contributed by atoms with Crippen LogP contribution in [-0.2, 0) is 33.5 Å². The number of aromatic hydroxyl groups is 1. The van der Waals surface area contributed by atoms with Gasteiger partial charge in [-0.2, -0.15) is 45.8 Å². The number of thiophene rings is 3. The number of methoxy groups -OCH3 is 1. The Morgan fingerprint density at radius 3 is 1.12 bits per heavy atom. The second-order valence-electron chi connectivity index (χ2n) is 20.1. The molecule has 34 heteroatoms. The smallest absolute Gasteiger partial charge is 0.387 e. The van der Waals surface area contributed by atoms with Crippen molar-refractivity contribution < 1.29 is 97.9 Å². The zero-order valence-corrected chi connectivity index (χ0v) is 57.3. The van der Waals surface area contributed by atoms with Crippen LogP contribution in [0.2, 0.25) is 30.1 Å². The third-order valence-corrected chi connectivity index (χ3v) is 17.8. The van der Waals surface area contributed by atoms with Gasteiger partial charge in [-0.15, -0.1) is 34.0 Å². The lowest BCUT2D eigenvalue weighted by Crippen LogP contribution is -2.25. The molecule has 0 spiro atoms. The van der Waals surface area contributed by atoms with Crippen LogP contribution in [-0.4, -0.2) is 56.6 Å². The first-order chi connectivity index (χ1) is 46.7. The largest absolute Gasteiger partial charge is 0.619 e. The summed E-state index contributed by atoms with van der Waals surface area (Å²) < 4.78 is 118. The number of nitriles is 1. The second-order valence-corrected chi connectivity index (χ2v) is 25.3. The van der Waals surface area contributed by atoms with Gasteiger partial charge in [0.15, 0.2) is 71.7 Å². The number of alkyl halides is 6. The molecular formula is C64H50Cl6F6N4O15S3. The van der Waals surface area contributed by atoms with Gasteiger partial charge in [0.25, 0.3) is 0 Å². The minimum Gasteiger partial charge on any atom is -0.619 e. The van der Waals surface area contributed by atoms with Gasteiger partial charge in [-0.1, -0.05) is 106 Å². The minimum absolute atomic E-state index is 0.0217. The van der Waals surface area contributed by atoms with Crippen LogP contribution in [0.4, 0.5) is 26.3 Å². The molecule has 1 saturated carbocycles. The molecular weight excluding hydrogens is 1490 g/mol. The van der Waals surface area contributed by atoms with Crippen molar-refractivity contribution in [3.8, 4) is 40.6 Å². The molecule has 19 nitrogen and oxygen atoms in total. The third kappa shape index (κ3) is 22.9. The summed E-state index contributed by atoms with van der Waals surface area (Å²) in [6.45, 7) is -7.38.